The highest BCUT2D eigenvalue weighted by Gasteiger charge is 2.37. The molecule has 0 aliphatic carbocycles. The molecule has 1 saturated heterocycles. The van der Waals surface area contributed by atoms with E-state index < -0.39 is 5.82 Å². The molecular weight excluding hydrogens is 349 g/mol. The Labute approximate surface area is 156 Å². The van der Waals surface area contributed by atoms with Crippen LogP contribution in [0.15, 0.2) is 48.5 Å². The molecule has 2 aromatic carbocycles. The van der Waals surface area contributed by atoms with Gasteiger partial charge in [0.1, 0.15) is 12.4 Å². The molecule has 3 amide bonds. The van der Waals surface area contributed by atoms with Crippen LogP contribution in [-0.4, -0.2) is 36.2 Å². The zero-order valence-electron chi connectivity index (χ0n) is 14.7. The van der Waals surface area contributed by atoms with E-state index in [0.29, 0.717) is 37.3 Å². The summed E-state index contributed by atoms with van der Waals surface area (Å²) in [5.74, 6) is -0.414. The van der Waals surface area contributed by atoms with E-state index in [4.69, 9.17) is 4.74 Å². The Morgan fingerprint density at radius 3 is 2.63 bits per heavy atom. The summed E-state index contributed by atoms with van der Waals surface area (Å²) in [4.78, 5) is 27.8. The highest BCUT2D eigenvalue weighted by Crippen LogP contribution is 2.36. The first-order chi connectivity index (χ1) is 13.1. The molecule has 2 aliphatic rings. The number of nitrogens with zero attached hydrogens (tertiary/aromatic N) is 3. The topological polar surface area (TPSA) is 64.0 Å². The number of likely N-dealkylation sites (tertiary alicyclic amines) is 1. The number of carbonyl (C=O) groups excluding carboxylic acids is 2. The number of ether oxygens (including phenoxy) is 1. The zero-order valence-corrected chi connectivity index (χ0v) is 14.7. The second-order valence-corrected chi connectivity index (χ2v) is 6.66. The largest absolute Gasteiger partial charge is 0.445 e. The third-order valence-electron chi connectivity index (χ3n) is 4.91. The number of anilines is 1. The van der Waals surface area contributed by atoms with Crippen LogP contribution < -0.4 is 10.2 Å². The van der Waals surface area contributed by atoms with Crippen LogP contribution in [0.3, 0.4) is 0 Å². The Morgan fingerprint density at radius 2 is 1.89 bits per heavy atom. The number of rotatable bonds is 3. The van der Waals surface area contributed by atoms with Gasteiger partial charge in [-0.15, -0.1) is 0 Å². The van der Waals surface area contributed by atoms with Crippen molar-refractivity contribution in [2.24, 2.45) is 0 Å². The van der Waals surface area contributed by atoms with Gasteiger partial charge in [0, 0.05) is 25.2 Å². The molecule has 0 N–H and O–H groups in total. The van der Waals surface area contributed by atoms with Crippen molar-refractivity contribution in [1.29, 1.82) is 0 Å². The second kappa shape index (κ2) is 7.26. The number of hydrogen-bond donors (Lipinski definition) is 0. The summed E-state index contributed by atoms with van der Waals surface area (Å²) in [6.45, 7) is 1.24. The number of urea groups is 1. The predicted octanol–water partition coefficient (Wildman–Crippen LogP) is 3.80. The van der Waals surface area contributed by atoms with Gasteiger partial charge in [-0.25, -0.2) is 14.0 Å². The van der Waals surface area contributed by atoms with Crippen LogP contribution in [0.2, 0.25) is 0 Å². The van der Waals surface area contributed by atoms with Crippen LogP contribution in [0.1, 0.15) is 18.4 Å². The molecule has 0 bridgehead atoms. The van der Waals surface area contributed by atoms with Gasteiger partial charge >= 0.3 is 12.1 Å². The van der Waals surface area contributed by atoms with E-state index in [1.165, 1.54) is 12.1 Å². The number of carbonyl (C=O) groups is 2. The molecule has 2 aromatic rings. The van der Waals surface area contributed by atoms with Crippen molar-refractivity contribution >= 4 is 23.5 Å². The molecule has 0 atom stereocenters. The lowest BCUT2D eigenvalue weighted by Gasteiger charge is -2.35. The molecule has 1 fully saturated rings. The van der Waals surface area contributed by atoms with Crippen LogP contribution in [0.25, 0.3) is 0 Å². The van der Waals surface area contributed by atoms with Crippen molar-refractivity contribution in [2.45, 2.75) is 25.5 Å². The molecule has 139 valence electrons. The lowest BCUT2D eigenvalue weighted by Crippen LogP contribution is -2.48. The Hall–Kier alpha value is -3.09. The SMILES string of the molecule is O=C(OCc1ccccc1)N1CCC(N2C(=O)[N]c3cc(F)ccc32)CC1. The third kappa shape index (κ3) is 3.58. The van der Waals surface area contributed by atoms with E-state index in [1.807, 2.05) is 30.3 Å². The minimum Gasteiger partial charge on any atom is -0.445 e. The van der Waals surface area contributed by atoms with Crippen molar-refractivity contribution < 1.29 is 18.7 Å². The van der Waals surface area contributed by atoms with Crippen molar-refractivity contribution in [2.75, 3.05) is 18.0 Å². The Bertz CT molecular complexity index is 851. The maximum absolute atomic E-state index is 13.3. The van der Waals surface area contributed by atoms with E-state index in [-0.39, 0.29) is 24.8 Å². The van der Waals surface area contributed by atoms with Gasteiger partial charge in [-0.1, -0.05) is 30.3 Å². The molecule has 2 aliphatic heterocycles. The van der Waals surface area contributed by atoms with Gasteiger partial charge in [0.25, 0.3) is 0 Å². The Morgan fingerprint density at radius 1 is 1.15 bits per heavy atom. The van der Waals surface area contributed by atoms with Crippen LogP contribution in [0.5, 0.6) is 0 Å². The molecule has 4 rings (SSSR count). The van der Waals surface area contributed by atoms with Gasteiger partial charge in [0.2, 0.25) is 0 Å². The van der Waals surface area contributed by atoms with E-state index in [9.17, 15) is 14.0 Å². The van der Waals surface area contributed by atoms with Gasteiger partial charge in [0.15, 0.2) is 0 Å². The summed E-state index contributed by atoms with van der Waals surface area (Å²) in [6.07, 6.45) is 0.897. The number of hydrogen-bond acceptors (Lipinski definition) is 3. The van der Waals surface area contributed by atoms with Crippen molar-refractivity contribution in [3.05, 3.63) is 59.9 Å². The smallest absolute Gasteiger partial charge is 0.410 e. The standard InChI is InChI=1S/C20H19FN3O3/c21-15-6-7-18-17(12-15)22-19(25)24(18)16-8-10-23(11-9-16)20(26)27-13-14-4-2-1-3-5-14/h1-7,12,16H,8-11,13H2. The molecule has 6 nitrogen and oxygen atoms in total. The monoisotopic (exact) mass is 368 g/mol. The molecule has 2 heterocycles. The number of halogens is 1. The lowest BCUT2D eigenvalue weighted by atomic mass is 10.0. The van der Waals surface area contributed by atoms with E-state index in [0.717, 1.165) is 5.56 Å². The van der Waals surface area contributed by atoms with Crippen LogP contribution >= 0.6 is 0 Å². The van der Waals surface area contributed by atoms with Gasteiger partial charge in [-0.3, -0.25) is 4.90 Å². The molecular formula is C20H19FN3O3. The zero-order chi connectivity index (χ0) is 18.8. The fraction of sp³-hybridized carbons (Fsp3) is 0.300. The first-order valence-corrected chi connectivity index (χ1v) is 8.92. The molecule has 1 radical (unpaired) electrons. The van der Waals surface area contributed by atoms with Gasteiger partial charge in [-0.05, 0) is 30.5 Å². The summed E-state index contributed by atoms with van der Waals surface area (Å²) in [6, 6.07) is 13.3. The Balaban J connectivity index is 1.34. The molecule has 0 unspecified atom stereocenters. The maximum atomic E-state index is 13.3. The van der Waals surface area contributed by atoms with E-state index in [1.54, 1.807) is 15.9 Å². The molecule has 0 aromatic heterocycles. The van der Waals surface area contributed by atoms with Crippen LogP contribution in [0, 0.1) is 5.82 Å². The summed E-state index contributed by atoms with van der Waals surface area (Å²) >= 11 is 0. The van der Waals surface area contributed by atoms with Crippen molar-refractivity contribution in [3.8, 4) is 0 Å². The first-order valence-electron chi connectivity index (χ1n) is 8.92. The van der Waals surface area contributed by atoms with Crippen LogP contribution in [0.4, 0.5) is 25.4 Å². The fourth-order valence-electron chi connectivity index (χ4n) is 3.52. The van der Waals surface area contributed by atoms with Crippen molar-refractivity contribution in [3.63, 3.8) is 0 Å². The number of fused-ring (bicyclic) bond motifs is 1. The molecule has 0 saturated carbocycles. The van der Waals surface area contributed by atoms with Gasteiger partial charge in [0.05, 0.1) is 11.4 Å². The fourth-order valence-corrected chi connectivity index (χ4v) is 3.52. The highest BCUT2D eigenvalue weighted by molar-refractivity contribution is 6.04. The minimum atomic E-state index is -0.414. The quantitative estimate of drug-likeness (QED) is 0.828. The predicted molar refractivity (Wildman–Crippen MR) is 97.3 cm³/mol. The number of benzene rings is 2. The second-order valence-electron chi connectivity index (χ2n) is 6.66. The summed E-state index contributed by atoms with van der Waals surface area (Å²) in [7, 11) is 0. The maximum Gasteiger partial charge on any atom is 0.410 e. The molecule has 7 heteroatoms. The van der Waals surface area contributed by atoms with Gasteiger partial charge in [-0.2, -0.15) is 5.32 Å². The van der Waals surface area contributed by atoms with E-state index >= 15 is 0 Å². The minimum absolute atomic E-state index is 0.0638. The normalized spacial score (nSPS) is 16.9. The molecule has 0 spiro atoms. The summed E-state index contributed by atoms with van der Waals surface area (Å²) in [5.41, 5.74) is 1.94. The highest BCUT2D eigenvalue weighted by atomic mass is 19.1. The average Bonchev–Trinajstić information content (AvgIpc) is 3.01. The molecule has 27 heavy (non-hydrogen) atoms. The number of piperidine rings is 1. The average molecular weight is 368 g/mol. The number of amides is 3. The third-order valence-corrected chi connectivity index (χ3v) is 4.91. The summed E-state index contributed by atoms with van der Waals surface area (Å²) in [5, 5.41) is 3.93. The van der Waals surface area contributed by atoms with Gasteiger partial charge < -0.3 is 9.64 Å². The van der Waals surface area contributed by atoms with Crippen molar-refractivity contribution in [1.82, 2.24) is 10.2 Å². The first kappa shape index (κ1) is 17.3. The van der Waals surface area contributed by atoms with E-state index in [2.05, 4.69) is 5.32 Å². The lowest BCUT2D eigenvalue weighted by molar-refractivity contribution is 0.0872. The van der Waals surface area contributed by atoms with Crippen LogP contribution in [-0.2, 0) is 11.3 Å². The summed E-state index contributed by atoms with van der Waals surface area (Å²) < 4.78 is 18.7. The Kier molecular flexibility index (Phi) is 4.66.